The van der Waals surface area contributed by atoms with Gasteiger partial charge in [0.1, 0.15) is 0 Å². The van der Waals surface area contributed by atoms with Crippen LogP contribution < -0.4 is 0 Å². The Morgan fingerprint density at radius 3 is 1.71 bits per heavy atom. The molecule has 0 aromatic heterocycles. The van der Waals surface area contributed by atoms with E-state index in [1.54, 1.807) is 0 Å². The monoisotopic (exact) mass is 120 g/mol. The average molecular weight is 120 g/mol. The van der Waals surface area contributed by atoms with Gasteiger partial charge in [0.2, 0.25) is 0 Å². The normalized spacial score (nSPS) is 55.4. The van der Waals surface area contributed by atoms with Crippen LogP contribution in [-0.4, -0.2) is 21.3 Å². The molecule has 1 N–H and O–H groups in total. The molecule has 0 bridgehead atoms. The molecule has 1 atom stereocenters. The second-order valence-corrected chi connectivity index (χ2v) is 6.42. The molecule has 0 spiro atoms. The molecule has 1 heterocycles. The molecular weight excluding hydrogens is 108 g/mol. The van der Waals surface area contributed by atoms with E-state index in [-0.39, 0.29) is 4.75 Å². The van der Waals surface area contributed by atoms with E-state index in [1.807, 2.05) is 6.26 Å². The maximum Gasteiger partial charge on any atom is 0.0251 e. The lowest BCUT2D eigenvalue weighted by molar-refractivity contribution is 0.642. The van der Waals surface area contributed by atoms with Crippen LogP contribution in [0.2, 0.25) is 0 Å². The molecule has 2 heteroatoms. The van der Waals surface area contributed by atoms with Gasteiger partial charge in [0.25, 0.3) is 0 Å². The van der Waals surface area contributed by atoms with Crippen LogP contribution in [0.1, 0.15) is 13.8 Å². The lowest BCUT2D eigenvalue weighted by Gasteiger charge is -2.09. The zero-order chi connectivity index (χ0) is 5.71. The fraction of sp³-hybridized carbons (Fsp3) is 1.00. The van der Waals surface area contributed by atoms with Crippen molar-refractivity contribution in [3.05, 3.63) is 0 Å². The highest BCUT2D eigenvalue weighted by molar-refractivity contribution is 8.35. The molecule has 44 valence electrons. The van der Waals surface area contributed by atoms with E-state index in [0.717, 1.165) is 5.75 Å². The largest absolute Gasteiger partial charge is 0.351 e. The van der Waals surface area contributed by atoms with E-state index in [1.165, 1.54) is 0 Å². The number of hydrogen-bond donors (Lipinski definition) is 1. The van der Waals surface area contributed by atoms with Gasteiger partial charge in [0.15, 0.2) is 0 Å². The molecule has 0 radical (unpaired) electrons. The fourth-order valence-corrected chi connectivity index (χ4v) is 2.45. The number of hydrogen-bond acceptors (Lipinski definition) is 1. The first-order valence-electron chi connectivity index (χ1n) is 2.44. The van der Waals surface area contributed by atoms with Crippen molar-refractivity contribution in [2.45, 2.75) is 18.6 Å². The second kappa shape index (κ2) is 1.00. The minimum absolute atomic E-state index is 0.285. The van der Waals surface area contributed by atoms with Crippen LogP contribution in [-0.2, 0) is 0 Å². The third kappa shape index (κ3) is 0.662. The van der Waals surface area contributed by atoms with Crippen molar-refractivity contribution in [2.24, 2.45) is 0 Å². The molecule has 0 aromatic rings. The van der Waals surface area contributed by atoms with E-state index in [9.17, 15) is 4.55 Å². The molecule has 1 nitrogen and oxygen atoms in total. The van der Waals surface area contributed by atoms with Gasteiger partial charge in [-0.2, -0.15) is 0 Å². The van der Waals surface area contributed by atoms with Crippen LogP contribution >= 0.6 is 10.3 Å². The van der Waals surface area contributed by atoms with Crippen LogP contribution in [0.15, 0.2) is 0 Å². The Hall–Kier alpha value is 0.310. The van der Waals surface area contributed by atoms with Gasteiger partial charge in [-0.1, -0.05) is 0 Å². The van der Waals surface area contributed by atoms with Crippen LogP contribution in [0.25, 0.3) is 0 Å². The molecule has 0 aliphatic carbocycles. The summed E-state index contributed by atoms with van der Waals surface area (Å²) in [7, 11) is -1.09. The molecule has 1 rings (SSSR count). The van der Waals surface area contributed by atoms with Crippen molar-refractivity contribution in [1.29, 1.82) is 0 Å². The summed E-state index contributed by atoms with van der Waals surface area (Å²) in [5.41, 5.74) is 0. The quantitative estimate of drug-likeness (QED) is 0.482. The second-order valence-electron chi connectivity index (χ2n) is 2.94. The van der Waals surface area contributed by atoms with E-state index in [0.29, 0.717) is 0 Å². The summed E-state index contributed by atoms with van der Waals surface area (Å²) < 4.78 is 9.53. The summed E-state index contributed by atoms with van der Waals surface area (Å²) in [6.07, 6.45) is 1.97. The lowest BCUT2D eigenvalue weighted by atomic mass is 10.3. The van der Waals surface area contributed by atoms with Crippen LogP contribution in [0.3, 0.4) is 0 Å². The summed E-state index contributed by atoms with van der Waals surface area (Å²) >= 11 is 0. The third-order valence-electron chi connectivity index (χ3n) is 1.73. The van der Waals surface area contributed by atoms with Gasteiger partial charge in [0.05, 0.1) is 0 Å². The van der Waals surface area contributed by atoms with Gasteiger partial charge >= 0.3 is 0 Å². The Labute approximate surface area is 46.3 Å². The van der Waals surface area contributed by atoms with Crippen LogP contribution in [0, 0.1) is 0 Å². The smallest absolute Gasteiger partial charge is 0.0251 e. The Bertz CT molecular complexity index is 84.3. The Kier molecular flexibility index (Phi) is 0.781. The molecule has 0 saturated carbocycles. The minimum atomic E-state index is -1.09. The maximum absolute atomic E-state index is 9.24. The van der Waals surface area contributed by atoms with Gasteiger partial charge < -0.3 is 4.55 Å². The zero-order valence-electron chi connectivity index (χ0n) is 5.06. The van der Waals surface area contributed by atoms with E-state index >= 15 is 0 Å². The third-order valence-corrected chi connectivity index (χ3v) is 5.19. The van der Waals surface area contributed by atoms with Gasteiger partial charge in [-0.15, -0.1) is 10.3 Å². The Morgan fingerprint density at radius 2 is 1.71 bits per heavy atom. The molecule has 1 fully saturated rings. The van der Waals surface area contributed by atoms with Crippen LogP contribution in [0.5, 0.6) is 0 Å². The van der Waals surface area contributed by atoms with Crippen molar-refractivity contribution in [2.75, 3.05) is 12.0 Å². The van der Waals surface area contributed by atoms with E-state index in [2.05, 4.69) is 13.8 Å². The fourth-order valence-electron chi connectivity index (χ4n) is 0.647. The molecule has 7 heavy (non-hydrogen) atoms. The molecule has 0 aromatic carbocycles. The summed E-state index contributed by atoms with van der Waals surface area (Å²) in [5, 5.41) is 0. The summed E-state index contributed by atoms with van der Waals surface area (Å²) in [5.74, 6) is 1.04. The standard InChI is InChI=1S/C5H12OS/c1-5(2)4-7(5,3)6/h6H,4H2,1-3H3. The topological polar surface area (TPSA) is 20.2 Å². The molecular formula is C5H12OS. The van der Waals surface area contributed by atoms with Gasteiger partial charge in [0, 0.05) is 10.5 Å². The lowest BCUT2D eigenvalue weighted by Crippen LogP contribution is -1.95. The predicted octanol–water partition coefficient (Wildman–Crippen LogP) is 1.69. The number of rotatable bonds is 0. The van der Waals surface area contributed by atoms with E-state index in [4.69, 9.17) is 0 Å². The zero-order valence-corrected chi connectivity index (χ0v) is 5.88. The van der Waals surface area contributed by atoms with Crippen molar-refractivity contribution in [3.63, 3.8) is 0 Å². The van der Waals surface area contributed by atoms with Gasteiger partial charge in [-0.05, 0) is 20.1 Å². The first kappa shape index (κ1) is 5.45. The molecule has 1 unspecified atom stereocenters. The van der Waals surface area contributed by atoms with Crippen molar-refractivity contribution in [1.82, 2.24) is 0 Å². The Balaban J connectivity index is 2.59. The first-order chi connectivity index (χ1) is 2.96. The SMILES string of the molecule is CC1(C)CS1(C)O. The Morgan fingerprint density at radius 1 is 1.57 bits per heavy atom. The molecule has 0 amide bonds. The first-order valence-corrected chi connectivity index (χ1v) is 4.60. The predicted molar refractivity (Wildman–Crippen MR) is 35.1 cm³/mol. The van der Waals surface area contributed by atoms with Gasteiger partial charge in [-0.25, -0.2) is 0 Å². The summed E-state index contributed by atoms with van der Waals surface area (Å²) in [6, 6.07) is 0. The molecule has 1 aliphatic heterocycles. The average Bonchev–Trinajstić information content (AvgIpc) is 1.63. The van der Waals surface area contributed by atoms with Crippen molar-refractivity contribution >= 4 is 10.3 Å². The highest BCUT2D eigenvalue weighted by Gasteiger charge is 2.51. The van der Waals surface area contributed by atoms with Crippen molar-refractivity contribution in [3.8, 4) is 0 Å². The highest BCUT2D eigenvalue weighted by Crippen LogP contribution is 2.70. The summed E-state index contributed by atoms with van der Waals surface area (Å²) in [6.45, 7) is 4.23. The highest BCUT2D eigenvalue weighted by atomic mass is 32.3. The maximum atomic E-state index is 9.24. The summed E-state index contributed by atoms with van der Waals surface area (Å²) in [4.78, 5) is 0. The molecule has 1 saturated heterocycles. The van der Waals surface area contributed by atoms with Crippen LogP contribution in [0.4, 0.5) is 0 Å². The molecule has 1 aliphatic rings. The van der Waals surface area contributed by atoms with E-state index < -0.39 is 10.3 Å². The van der Waals surface area contributed by atoms with Crippen molar-refractivity contribution < 1.29 is 4.55 Å². The van der Waals surface area contributed by atoms with Gasteiger partial charge in [-0.3, -0.25) is 0 Å². The minimum Gasteiger partial charge on any atom is -0.351 e.